The molecular weight excluding hydrogens is 288 g/mol. The van der Waals surface area contributed by atoms with Crippen LogP contribution in [0.5, 0.6) is 0 Å². The van der Waals surface area contributed by atoms with Gasteiger partial charge in [-0.2, -0.15) is 0 Å². The van der Waals surface area contributed by atoms with Gasteiger partial charge in [0.2, 0.25) is 0 Å². The van der Waals surface area contributed by atoms with Crippen molar-refractivity contribution < 1.29 is 18.3 Å². The van der Waals surface area contributed by atoms with Crippen LogP contribution in [0.15, 0.2) is 12.1 Å². The molecule has 0 aromatic carbocycles. The summed E-state index contributed by atoms with van der Waals surface area (Å²) in [4.78, 5) is 11.6. The monoisotopic (exact) mass is 298 g/mol. The van der Waals surface area contributed by atoms with Gasteiger partial charge in [0.15, 0.2) is 0 Å². The number of nitrogens with one attached hydrogen (secondary N) is 1. The van der Waals surface area contributed by atoms with Gasteiger partial charge in [-0.3, -0.25) is 4.79 Å². The molecule has 0 fully saturated rings. The number of aliphatic hydroxyl groups excluding tert-OH is 1. The number of hydrogen-bond acceptors (Lipinski definition) is 6. The minimum atomic E-state index is -4.16. The Hall–Kier alpha value is -0.510. The summed E-state index contributed by atoms with van der Waals surface area (Å²) in [5.41, 5.74) is 5.11. The highest BCUT2D eigenvalue weighted by atomic mass is 35.5. The molecule has 1 rings (SSSR count). The Labute approximate surface area is 107 Å². The average Bonchev–Trinajstić information content (AvgIpc) is 2.71. The highest BCUT2D eigenvalue weighted by molar-refractivity contribution is 8.05. The van der Waals surface area contributed by atoms with Crippen LogP contribution in [-0.4, -0.2) is 37.8 Å². The summed E-state index contributed by atoms with van der Waals surface area (Å²) >= 11 is 6.47. The molecule has 0 aliphatic carbocycles. The fourth-order valence-electron chi connectivity index (χ4n) is 0.911. The van der Waals surface area contributed by atoms with Crippen molar-refractivity contribution in [2.24, 2.45) is 5.73 Å². The van der Waals surface area contributed by atoms with Crippen molar-refractivity contribution in [3.63, 3.8) is 0 Å². The van der Waals surface area contributed by atoms with Crippen LogP contribution in [0.2, 0.25) is 4.34 Å². The molecule has 1 atom stereocenters. The summed E-state index contributed by atoms with van der Waals surface area (Å²) in [5, 5.41) is 8.03. The normalized spacial score (nSPS) is 13.6. The molecule has 9 heteroatoms. The van der Waals surface area contributed by atoms with Crippen molar-refractivity contribution >= 4 is 38.1 Å². The van der Waals surface area contributed by atoms with Crippen molar-refractivity contribution in [1.82, 2.24) is 4.72 Å². The number of carbonyl (C=O) groups excluding carboxylic acids is 1. The number of hydrogen-bond donors (Lipinski definition) is 3. The van der Waals surface area contributed by atoms with Crippen LogP contribution < -0.4 is 10.5 Å². The van der Waals surface area contributed by atoms with Gasteiger partial charge < -0.3 is 10.8 Å². The van der Waals surface area contributed by atoms with Gasteiger partial charge in [0.05, 0.1) is 15.3 Å². The predicted octanol–water partition coefficient (Wildman–Crippen LogP) is -0.219. The Bertz CT molecular complexity index is 499. The molecule has 6 nitrogen and oxygen atoms in total. The highest BCUT2D eigenvalue weighted by Crippen LogP contribution is 2.22. The number of rotatable bonds is 5. The molecule has 96 valence electrons. The second-order valence-electron chi connectivity index (χ2n) is 3.13. The molecule has 0 bridgehead atoms. The maximum atomic E-state index is 11.6. The van der Waals surface area contributed by atoms with Crippen LogP contribution in [0.25, 0.3) is 0 Å². The van der Waals surface area contributed by atoms with Crippen LogP contribution in [0.4, 0.5) is 0 Å². The minimum absolute atomic E-state index is 0.0183. The van der Waals surface area contributed by atoms with E-state index in [0.717, 1.165) is 11.3 Å². The van der Waals surface area contributed by atoms with Gasteiger partial charge in [0.1, 0.15) is 0 Å². The van der Waals surface area contributed by atoms with Crippen molar-refractivity contribution in [2.45, 2.75) is 6.10 Å². The van der Waals surface area contributed by atoms with E-state index in [-0.39, 0.29) is 18.0 Å². The topological polar surface area (TPSA) is 109 Å². The molecule has 1 heterocycles. The molecule has 0 spiro atoms. The highest BCUT2D eigenvalue weighted by Gasteiger charge is 2.25. The van der Waals surface area contributed by atoms with Crippen molar-refractivity contribution in [3.05, 3.63) is 21.3 Å². The van der Waals surface area contributed by atoms with E-state index in [0.29, 0.717) is 4.34 Å². The molecule has 4 N–H and O–H groups in total. The minimum Gasteiger partial charge on any atom is -0.390 e. The van der Waals surface area contributed by atoms with Gasteiger partial charge in [0, 0.05) is 13.1 Å². The SMILES string of the molecule is NCC(O)CNS(=O)(=O)C(=O)c1ccc(Cl)s1. The maximum absolute atomic E-state index is 11.6. The lowest BCUT2D eigenvalue weighted by molar-refractivity contribution is 0.107. The summed E-state index contributed by atoms with van der Waals surface area (Å²) in [6.07, 6.45) is -1.02. The molecule has 0 radical (unpaired) electrons. The fraction of sp³-hybridized carbons (Fsp3) is 0.375. The van der Waals surface area contributed by atoms with Gasteiger partial charge in [-0.1, -0.05) is 11.6 Å². The zero-order chi connectivity index (χ0) is 13.1. The fourth-order valence-corrected chi connectivity index (χ4v) is 3.12. The Balaban J connectivity index is 2.74. The van der Waals surface area contributed by atoms with Gasteiger partial charge >= 0.3 is 5.12 Å². The summed E-state index contributed by atoms with van der Waals surface area (Å²) in [6, 6.07) is 2.76. The first-order valence-corrected chi connectivity index (χ1v) is 7.22. The van der Waals surface area contributed by atoms with Crippen LogP contribution in [-0.2, 0) is 10.0 Å². The second-order valence-corrected chi connectivity index (χ2v) is 6.51. The van der Waals surface area contributed by atoms with E-state index in [1.807, 2.05) is 4.72 Å². The lowest BCUT2D eigenvalue weighted by Gasteiger charge is -2.08. The van der Waals surface area contributed by atoms with Gasteiger partial charge in [-0.25, -0.2) is 13.1 Å². The molecule has 0 aliphatic heterocycles. The number of thiophene rings is 1. The van der Waals surface area contributed by atoms with Crippen molar-refractivity contribution in [3.8, 4) is 0 Å². The van der Waals surface area contributed by atoms with E-state index in [4.69, 9.17) is 22.4 Å². The second kappa shape index (κ2) is 5.89. The smallest absolute Gasteiger partial charge is 0.301 e. The molecule has 0 amide bonds. The largest absolute Gasteiger partial charge is 0.390 e. The number of nitrogens with two attached hydrogens (primary N) is 1. The molecule has 1 aromatic heterocycles. The Morgan fingerprint density at radius 1 is 1.59 bits per heavy atom. The Kier molecular flexibility index (Phi) is 5.04. The van der Waals surface area contributed by atoms with Crippen molar-refractivity contribution in [1.29, 1.82) is 0 Å². The lowest BCUT2D eigenvalue weighted by atomic mass is 10.4. The Morgan fingerprint density at radius 3 is 2.71 bits per heavy atom. The molecule has 0 saturated carbocycles. The van der Waals surface area contributed by atoms with E-state index in [1.165, 1.54) is 12.1 Å². The average molecular weight is 299 g/mol. The third-order valence-corrected chi connectivity index (χ3v) is 4.41. The van der Waals surface area contributed by atoms with Gasteiger partial charge in [0.25, 0.3) is 10.0 Å². The number of aliphatic hydroxyl groups is 1. The quantitative estimate of drug-likeness (QED) is 0.696. The maximum Gasteiger partial charge on any atom is 0.301 e. The van der Waals surface area contributed by atoms with Gasteiger partial charge in [-0.15, -0.1) is 11.3 Å². The Morgan fingerprint density at radius 2 is 2.24 bits per heavy atom. The van der Waals surface area contributed by atoms with Crippen LogP contribution >= 0.6 is 22.9 Å². The zero-order valence-corrected chi connectivity index (χ0v) is 11.0. The van der Waals surface area contributed by atoms with Gasteiger partial charge in [-0.05, 0) is 12.1 Å². The molecule has 0 aliphatic rings. The summed E-state index contributed by atoms with van der Waals surface area (Å²) in [6.45, 7) is -0.398. The summed E-state index contributed by atoms with van der Waals surface area (Å²) in [5.74, 6) is 0. The molecular formula is C8H11ClN2O4S2. The summed E-state index contributed by atoms with van der Waals surface area (Å²) in [7, 11) is -4.16. The van der Waals surface area contributed by atoms with Crippen molar-refractivity contribution in [2.75, 3.05) is 13.1 Å². The first-order valence-electron chi connectivity index (χ1n) is 4.54. The standard InChI is InChI=1S/C8H11ClN2O4S2/c9-7-2-1-6(16-7)8(13)17(14,15)11-4-5(12)3-10/h1-2,5,11-12H,3-4,10H2. The van der Waals surface area contributed by atoms with E-state index in [1.54, 1.807) is 0 Å². The molecule has 1 aromatic rings. The summed E-state index contributed by atoms with van der Waals surface area (Å²) < 4.78 is 25.3. The van der Waals surface area contributed by atoms with E-state index in [9.17, 15) is 13.2 Å². The zero-order valence-electron chi connectivity index (χ0n) is 8.59. The first kappa shape index (κ1) is 14.6. The van der Waals surface area contributed by atoms with E-state index in [2.05, 4.69) is 0 Å². The van der Waals surface area contributed by atoms with E-state index >= 15 is 0 Å². The molecule has 0 saturated heterocycles. The van der Waals surface area contributed by atoms with E-state index < -0.39 is 21.2 Å². The third kappa shape index (κ3) is 4.02. The predicted molar refractivity (Wildman–Crippen MR) is 65.6 cm³/mol. The lowest BCUT2D eigenvalue weighted by Crippen LogP contribution is -2.39. The first-order chi connectivity index (χ1) is 7.86. The third-order valence-electron chi connectivity index (χ3n) is 1.80. The molecule has 1 unspecified atom stereocenters. The number of carbonyl (C=O) groups is 1. The van der Waals surface area contributed by atoms with Crippen LogP contribution in [0, 0.1) is 0 Å². The molecule has 17 heavy (non-hydrogen) atoms. The number of halogens is 1. The van der Waals surface area contributed by atoms with Crippen LogP contribution in [0.3, 0.4) is 0 Å². The number of sulfonamides is 1. The van der Waals surface area contributed by atoms with Crippen LogP contribution in [0.1, 0.15) is 9.67 Å².